The molecule has 0 fully saturated rings. The van der Waals surface area contributed by atoms with E-state index in [9.17, 15) is 14.4 Å². The molecule has 5 rings (SSSR count). The lowest BCUT2D eigenvalue weighted by Crippen LogP contribution is -2.53. The van der Waals surface area contributed by atoms with Crippen molar-refractivity contribution in [1.29, 1.82) is 0 Å². The number of fused-ring (bicyclic) bond motifs is 4. The molecule has 0 bridgehead atoms. The van der Waals surface area contributed by atoms with Crippen molar-refractivity contribution in [3.05, 3.63) is 95.7 Å². The molecule has 0 saturated carbocycles. The van der Waals surface area contributed by atoms with Crippen LogP contribution in [-0.2, 0) is 25.5 Å². The second kappa shape index (κ2) is 13.6. The molecule has 1 aliphatic rings. The van der Waals surface area contributed by atoms with Crippen LogP contribution in [0.3, 0.4) is 0 Å². The van der Waals surface area contributed by atoms with Crippen LogP contribution in [0.15, 0.2) is 79.0 Å². The van der Waals surface area contributed by atoms with Gasteiger partial charge in [0.2, 0.25) is 5.91 Å². The van der Waals surface area contributed by atoms with Gasteiger partial charge in [-0.05, 0) is 46.2 Å². The van der Waals surface area contributed by atoms with Gasteiger partial charge in [0, 0.05) is 29.4 Å². The number of hydrogen-bond donors (Lipinski definition) is 3. The fourth-order valence-electron chi connectivity index (χ4n) is 5.61. The van der Waals surface area contributed by atoms with Gasteiger partial charge in [-0.2, -0.15) is 0 Å². The summed E-state index contributed by atoms with van der Waals surface area (Å²) in [6.45, 7) is 4.04. The summed E-state index contributed by atoms with van der Waals surface area (Å²) in [5.41, 5.74) is 6.25. The molecule has 220 valence electrons. The Balaban J connectivity index is 0.00000405. The van der Waals surface area contributed by atoms with Crippen LogP contribution in [0.5, 0.6) is 0 Å². The van der Waals surface area contributed by atoms with Crippen LogP contribution in [0.25, 0.3) is 22.0 Å². The SMILES string of the molecule is COC(=O)[C@H](CC(C)C)NC(=O)[C@@H](Cc1c[nH]c2ccccc12)NC(=O)OCC1c2ccccc2-c2ccccc21.Cl. The lowest BCUT2D eigenvalue weighted by Gasteiger charge is -2.23. The van der Waals surface area contributed by atoms with E-state index in [1.165, 1.54) is 7.11 Å². The molecule has 0 radical (unpaired) electrons. The molecular formula is C33H36ClN3O5. The first kappa shape index (κ1) is 30.7. The Morgan fingerprint density at radius 1 is 0.857 bits per heavy atom. The number of halogens is 1. The molecule has 4 aromatic rings. The van der Waals surface area contributed by atoms with Gasteiger partial charge in [0.1, 0.15) is 18.7 Å². The zero-order valence-corrected chi connectivity index (χ0v) is 24.7. The van der Waals surface area contributed by atoms with Gasteiger partial charge in [-0.1, -0.05) is 80.6 Å². The van der Waals surface area contributed by atoms with Crippen LogP contribution in [0.2, 0.25) is 0 Å². The number of aromatic nitrogens is 1. The predicted molar refractivity (Wildman–Crippen MR) is 165 cm³/mol. The van der Waals surface area contributed by atoms with E-state index in [1.807, 2.05) is 68.6 Å². The number of carbonyl (C=O) groups excluding carboxylic acids is 3. The van der Waals surface area contributed by atoms with Crippen LogP contribution in [-0.4, -0.2) is 48.8 Å². The number of methoxy groups -OCH3 is 1. The maximum Gasteiger partial charge on any atom is 0.407 e. The zero-order chi connectivity index (χ0) is 28.9. The molecule has 42 heavy (non-hydrogen) atoms. The predicted octanol–water partition coefficient (Wildman–Crippen LogP) is 5.74. The van der Waals surface area contributed by atoms with Crippen molar-refractivity contribution in [3.8, 4) is 11.1 Å². The van der Waals surface area contributed by atoms with Crippen LogP contribution < -0.4 is 10.6 Å². The van der Waals surface area contributed by atoms with E-state index in [1.54, 1.807) is 0 Å². The summed E-state index contributed by atoms with van der Waals surface area (Å²) in [5, 5.41) is 6.51. The van der Waals surface area contributed by atoms with Crippen molar-refractivity contribution in [3.63, 3.8) is 0 Å². The molecule has 2 atom stereocenters. The molecule has 3 N–H and O–H groups in total. The van der Waals surface area contributed by atoms with E-state index < -0.39 is 30.1 Å². The summed E-state index contributed by atoms with van der Waals surface area (Å²) >= 11 is 0. The fourth-order valence-corrected chi connectivity index (χ4v) is 5.61. The molecule has 0 unspecified atom stereocenters. The number of aromatic amines is 1. The topological polar surface area (TPSA) is 110 Å². The Kier molecular flexibility index (Phi) is 9.91. The summed E-state index contributed by atoms with van der Waals surface area (Å²) in [4.78, 5) is 42.3. The zero-order valence-electron chi connectivity index (χ0n) is 23.9. The molecular weight excluding hydrogens is 554 g/mol. The second-order valence-corrected chi connectivity index (χ2v) is 10.8. The number of nitrogens with one attached hydrogen (secondary N) is 3. The molecule has 0 spiro atoms. The highest BCUT2D eigenvalue weighted by molar-refractivity contribution is 5.91. The quantitative estimate of drug-likeness (QED) is 0.204. The highest BCUT2D eigenvalue weighted by Gasteiger charge is 2.31. The van der Waals surface area contributed by atoms with Crippen molar-refractivity contribution >= 4 is 41.3 Å². The van der Waals surface area contributed by atoms with Crippen molar-refractivity contribution < 1.29 is 23.9 Å². The first-order valence-corrected chi connectivity index (χ1v) is 13.9. The third-order valence-corrected chi connectivity index (χ3v) is 7.56. The molecule has 1 heterocycles. The maximum atomic E-state index is 13.5. The molecule has 2 amide bonds. The van der Waals surface area contributed by atoms with Gasteiger partial charge in [-0.25, -0.2) is 9.59 Å². The minimum atomic E-state index is -0.982. The van der Waals surface area contributed by atoms with E-state index in [4.69, 9.17) is 9.47 Å². The lowest BCUT2D eigenvalue weighted by molar-refractivity contribution is -0.145. The number of H-pyrrole nitrogens is 1. The second-order valence-electron chi connectivity index (χ2n) is 10.8. The number of alkyl carbamates (subject to hydrolysis) is 1. The summed E-state index contributed by atoms with van der Waals surface area (Å²) in [5.74, 6) is -0.982. The van der Waals surface area contributed by atoms with E-state index >= 15 is 0 Å². The molecule has 0 aliphatic heterocycles. The number of carbonyl (C=O) groups is 3. The highest BCUT2D eigenvalue weighted by atomic mass is 35.5. The van der Waals surface area contributed by atoms with Crippen molar-refractivity contribution in [2.45, 2.75) is 44.7 Å². The van der Waals surface area contributed by atoms with Gasteiger partial charge < -0.3 is 25.1 Å². The van der Waals surface area contributed by atoms with Gasteiger partial charge in [0.05, 0.1) is 7.11 Å². The van der Waals surface area contributed by atoms with Gasteiger partial charge in [0.15, 0.2) is 0 Å². The van der Waals surface area contributed by atoms with E-state index in [0.717, 1.165) is 38.7 Å². The van der Waals surface area contributed by atoms with Crippen molar-refractivity contribution in [2.75, 3.05) is 13.7 Å². The number of para-hydroxylation sites is 1. The van der Waals surface area contributed by atoms with Crippen LogP contribution in [0.1, 0.15) is 42.9 Å². The summed E-state index contributed by atoms with van der Waals surface area (Å²) in [6.07, 6.45) is 1.74. The molecule has 0 saturated heterocycles. The van der Waals surface area contributed by atoms with Gasteiger partial charge in [-0.15, -0.1) is 12.4 Å². The molecule has 1 aromatic heterocycles. The first-order chi connectivity index (χ1) is 19.9. The molecule has 1 aliphatic carbocycles. The molecule has 3 aromatic carbocycles. The summed E-state index contributed by atoms with van der Waals surface area (Å²) in [7, 11) is 1.29. The van der Waals surface area contributed by atoms with Crippen LogP contribution in [0.4, 0.5) is 4.79 Å². The Morgan fingerprint density at radius 3 is 2.12 bits per heavy atom. The number of ether oxygens (including phenoxy) is 2. The van der Waals surface area contributed by atoms with Crippen LogP contribution >= 0.6 is 12.4 Å². The number of amides is 2. The fraction of sp³-hybridized carbons (Fsp3) is 0.303. The largest absolute Gasteiger partial charge is 0.467 e. The van der Waals surface area contributed by atoms with Gasteiger partial charge in [0.25, 0.3) is 0 Å². The van der Waals surface area contributed by atoms with Crippen LogP contribution in [0, 0.1) is 5.92 Å². The normalized spacial score (nSPS) is 13.4. The average Bonchev–Trinajstić information content (AvgIpc) is 3.53. The average molecular weight is 590 g/mol. The standard InChI is InChI=1S/C33H35N3O5.ClH/c1-20(2)16-30(32(38)40-3)35-31(37)29(17-21-18-34-28-15-9-8-10-22(21)28)36-33(39)41-19-27-25-13-6-4-11-23(25)24-12-5-7-14-26(24)27;/h4-15,18,20,27,29-30,34H,16-17,19H2,1-3H3,(H,35,37)(H,36,39);1H/t29-,30+;/m1./s1. The highest BCUT2D eigenvalue weighted by Crippen LogP contribution is 2.44. The van der Waals surface area contributed by atoms with E-state index in [2.05, 4.69) is 39.9 Å². The first-order valence-electron chi connectivity index (χ1n) is 13.9. The van der Waals surface area contributed by atoms with Gasteiger partial charge in [-0.3, -0.25) is 4.79 Å². The Morgan fingerprint density at radius 2 is 1.48 bits per heavy atom. The van der Waals surface area contributed by atoms with E-state index in [-0.39, 0.29) is 37.3 Å². The minimum absolute atomic E-state index is 0. The summed E-state index contributed by atoms with van der Waals surface area (Å²) < 4.78 is 10.7. The third kappa shape index (κ3) is 6.60. The lowest BCUT2D eigenvalue weighted by atomic mass is 9.98. The van der Waals surface area contributed by atoms with Crippen molar-refractivity contribution in [2.24, 2.45) is 5.92 Å². The maximum absolute atomic E-state index is 13.5. The monoisotopic (exact) mass is 589 g/mol. The number of rotatable bonds is 10. The number of hydrogen-bond acceptors (Lipinski definition) is 5. The van der Waals surface area contributed by atoms with E-state index in [0.29, 0.717) is 6.42 Å². The Hall–Kier alpha value is -4.30. The molecule has 8 nitrogen and oxygen atoms in total. The minimum Gasteiger partial charge on any atom is -0.467 e. The third-order valence-electron chi connectivity index (χ3n) is 7.56. The number of esters is 1. The molecule has 9 heteroatoms. The van der Waals surface area contributed by atoms with Gasteiger partial charge >= 0.3 is 12.1 Å². The summed E-state index contributed by atoms with van der Waals surface area (Å²) in [6, 6.07) is 22.2. The van der Waals surface area contributed by atoms with Crippen molar-refractivity contribution in [1.82, 2.24) is 15.6 Å². The Bertz CT molecular complexity index is 1520. The Labute approximate surface area is 251 Å². The number of benzene rings is 3. The smallest absolute Gasteiger partial charge is 0.407 e.